The van der Waals surface area contributed by atoms with E-state index in [1.807, 2.05) is 0 Å². The van der Waals surface area contributed by atoms with Crippen LogP contribution < -0.4 is 0 Å². The summed E-state index contributed by atoms with van der Waals surface area (Å²) in [5, 5.41) is 10.2. The highest BCUT2D eigenvalue weighted by atomic mass is 35.5. The molecule has 2 rings (SSSR count). The third kappa shape index (κ3) is 3.11. The van der Waals surface area contributed by atoms with Crippen LogP contribution in [-0.2, 0) is 0 Å². The van der Waals surface area contributed by atoms with E-state index in [2.05, 4.69) is 0 Å². The summed E-state index contributed by atoms with van der Waals surface area (Å²) < 4.78 is 40.0. The highest BCUT2D eigenvalue weighted by Crippen LogP contribution is 2.34. The third-order valence-corrected chi connectivity index (χ3v) is 3.51. The normalized spacial score (nSPS) is 10.7. The Bertz CT molecular complexity index is 738. The third-order valence-electron chi connectivity index (χ3n) is 2.63. The summed E-state index contributed by atoms with van der Waals surface area (Å²) in [7, 11) is 0. The summed E-state index contributed by atoms with van der Waals surface area (Å²) in [6.45, 7) is 0. The van der Waals surface area contributed by atoms with Crippen molar-refractivity contribution in [1.29, 1.82) is 0 Å². The van der Waals surface area contributed by atoms with Crippen LogP contribution in [0.15, 0.2) is 24.3 Å². The molecule has 0 amide bonds. The lowest BCUT2D eigenvalue weighted by Crippen LogP contribution is -2.01. The van der Waals surface area contributed by atoms with Crippen LogP contribution in [0.5, 0.6) is 0 Å². The number of nitro groups is 1. The fourth-order valence-electron chi connectivity index (χ4n) is 1.67. The van der Waals surface area contributed by atoms with Gasteiger partial charge in [0.1, 0.15) is 17.5 Å². The van der Waals surface area contributed by atoms with Gasteiger partial charge in [-0.3, -0.25) is 10.1 Å². The molecule has 2 aromatic carbocycles. The molecule has 3 nitrogen and oxygen atoms in total. The molecule has 0 saturated heterocycles. The fraction of sp³-hybridized carbons (Fsp3) is 0. The lowest BCUT2D eigenvalue weighted by Gasteiger charge is -2.08. The summed E-state index contributed by atoms with van der Waals surface area (Å²) in [4.78, 5) is 9.92. The maximum atomic E-state index is 13.7. The highest BCUT2D eigenvalue weighted by Gasteiger charge is 2.22. The van der Waals surface area contributed by atoms with E-state index in [9.17, 15) is 23.3 Å². The molecule has 21 heavy (non-hydrogen) atoms. The molecular weight excluding hydrogens is 330 g/mol. The van der Waals surface area contributed by atoms with Gasteiger partial charge in [0.2, 0.25) is 0 Å². The molecule has 109 valence electrons. The largest absolute Gasteiger partial charge is 0.279 e. The predicted octanol–water partition coefficient (Wildman–Crippen LogP) is 4.92. The number of hydrogen-bond acceptors (Lipinski definition) is 2. The molecule has 0 fully saturated rings. The van der Waals surface area contributed by atoms with Crippen LogP contribution in [0.25, 0.3) is 0 Å². The first-order valence-corrected chi connectivity index (χ1v) is 6.18. The summed E-state index contributed by atoms with van der Waals surface area (Å²) in [6.07, 6.45) is 1.00. The Morgan fingerprint density at radius 1 is 1.05 bits per heavy atom. The van der Waals surface area contributed by atoms with E-state index in [0.717, 1.165) is 12.5 Å². The van der Waals surface area contributed by atoms with Crippen molar-refractivity contribution in [2.24, 2.45) is 0 Å². The standard InChI is InChI=1S/C13H5Cl2F3NO2/c14-12-6(1-2-9(17)13(12)15)3-8-10(18)4-7(16)5-11(8)19(20)21/h1-5H. The number of halogens is 5. The molecular formula is C13H5Cl2F3NO2. The molecule has 1 radical (unpaired) electrons. The Morgan fingerprint density at radius 3 is 2.33 bits per heavy atom. The summed E-state index contributed by atoms with van der Waals surface area (Å²) in [5.74, 6) is -3.01. The van der Waals surface area contributed by atoms with Gasteiger partial charge >= 0.3 is 0 Å². The molecule has 0 saturated carbocycles. The van der Waals surface area contributed by atoms with Gasteiger partial charge in [0.05, 0.1) is 26.6 Å². The topological polar surface area (TPSA) is 43.1 Å². The quantitative estimate of drug-likeness (QED) is 0.454. The van der Waals surface area contributed by atoms with Crippen LogP contribution in [0.3, 0.4) is 0 Å². The van der Waals surface area contributed by atoms with E-state index in [-0.39, 0.29) is 10.6 Å². The minimum Gasteiger partial charge on any atom is -0.258 e. The SMILES string of the molecule is O=[N+]([O-])c1cc(F)cc(F)c1[CH]c1ccc(F)c(Cl)c1Cl. The smallest absolute Gasteiger partial charge is 0.258 e. The van der Waals surface area contributed by atoms with E-state index in [0.29, 0.717) is 12.1 Å². The number of rotatable bonds is 3. The average Bonchev–Trinajstić information content (AvgIpc) is 2.41. The Balaban J connectivity index is 2.54. The van der Waals surface area contributed by atoms with Gasteiger partial charge in [-0.1, -0.05) is 29.3 Å². The Kier molecular flexibility index (Phi) is 4.39. The maximum Gasteiger partial charge on any atom is 0.279 e. The molecule has 0 N–H and O–H groups in total. The minimum absolute atomic E-state index is 0.0664. The van der Waals surface area contributed by atoms with Crippen molar-refractivity contribution in [3.8, 4) is 0 Å². The van der Waals surface area contributed by atoms with Gasteiger partial charge in [-0.05, 0) is 11.6 Å². The minimum atomic E-state index is -1.14. The summed E-state index contributed by atoms with van der Waals surface area (Å²) >= 11 is 11.4. The molecule has 0 aliphatic carbocycles. The molecule has 0 aliphatic rings. The van der Waals surface area contributed by atoms with Crippen molar-refractivity contribution in [2.75, 3.05) is 0 Å². The zero-order valence-corrected chi connectivity index (χ0v) is 11.6. The molecule has 0 atom stereocenters. The number of benzene rings is 2. The first kappa shape index (κ1) is 15.6. The molecule has 0 heterocycles. The van der Waals surface area contributed by atoms with Crippen LogP contribution in [0.1, 0.15) is 11.1 Å². The number of hydrogen-bond donors (Lipinski definition) is 0. The first-order chi connectivity index (χ1) is 9.81. The van der Waals surface area contributed by atoms with Crippen molar-refractivity contribution in [2.45, 2.75) is 0 Å². The summed E-state index contributed by atoms with van der Waals surface area (Å²) in [6, 6.07) is 3.23. The van der Waals surface area contributed by atoms with E-state index < -0.39 is 38.6 Å². The van der Waals surface area contributed by atoms with Crippen molar-refractivity contribution < 1.29 is 18.1 Å². The Hall–Kier alpha value is -1.79. The summed E-state index contributed by atoms with van der Waals surface area (Å²) in [5.41, 5.74) is -1.19. The van der Waals surface area contributed by atoms with E-state index in [1.54, 1.807) is 0 Å². The lowest BCUT2D eigenvalue weighted by atomic mass is 10.0. The Morgan fingerprint density at radius 2 is 1.71 bits per heavy atom. The fourth-order valence-corrected chi connectivity index (χ4v) is 2.05. The first-order valence-electron chi connectivity index (χ1n) is 5.43. The Labute approximate surface area is 127 Å². The van der Waals surface area contributed by atoms with Gasteiger partial charge in [-0.25, -0.2) is 13.2 Å². The zero-order chi connectivity index (χ0) is 15.7. The van der Waals surface area contributed by atoms with Crippen LogP contribution in [0.2, 0.25) is 10.0 Å². The van der Waals surface area contributed by atoms with Gasteiger partial charge in [-0.2, -0.15) is 0 Å². The van der Waals surface area contributed by atoms with Gasteiger partial charge < -0.3 is 0 Å². The molecule has 2 aromatic rings. The van der Waals surface area contributed by atoms with Gasteiger partial charge in [0.25, 0.3) is 5.69 Å². The second kappa shape index (κ2) is 5.91. The van der Waals surface area contributed by atoms with Crippen LogP contribution in [-0.4, -0.2) is 4.92 Å². The van der Waals surface area contributed by atoms with Gasteiger partial charge in [0.15, 0.2) is 0 Å². The predicted molar refractivity (Wildman–Crippen MR) is 71.9 cm³/mol. The average molecular weight is 335 g/mol. The van der Waals surface area contributed by atoms with Crippen LogP contribution in [0, 0.1) is 34.0 Å². The van der Waals surface area contributed by atoms with Crippen molar-refractivity contribution in [3.63, 3.8) is 0 Å². The second-order valence-electron chi connectivity index (χ2n) is 3.99. The zero-order valence-electron chi connectivity index (χ0n) is 10.0. The van der Waals surface area contributed by atoms with E-state index in [4.69, 9.17) is 23.2 Å². The van der Waals surface area contributed by atoms with Crippen molar-refractivity contribution in [1.82, 2.24) is 0 Å². The molecule has 0 bridgehead atoms. The molecule has 8 heteroatoms. The molecule has 0 aliphatic heterocycles. The maximum absolute atomic E-state index is 13.7. The number of nitro benzene ring substituents is 1. The molecule has 0 unspecified atom stereocenters. The lowest BCUT2D eigenvalue weighted by molar-refractivity contribution is -0.385. The van der Waals surface area contributed by atoms with Gasteiger partial charge in [-0.15, -0.1) is 0 Å². The molecule has 0 aromatic heterocycles. The number of nitrogens with zero attached hydrogens (tertiary/aromatic N) is 1. The van der Waals surface area contributed by atoms with E-state index >= 15 is 0 Å². The second-order valence-corrected chi connectivity index (χ2v) is 4.74. The van der Waals surface area contributed by atoms with Crippen LogP contribution in [0.4, 0.5) is 18.9 Å². The van der Waals surface area contributed by atoms with Crippen molar-refractivity contribution >= 4 is 28.9 Å². The van der Waals surface area contributed by atoms with Crippen molar-refractivity contribution in [3.05, 3.63) is 79.4 Å². The van der Waals surface area contributed by atoms with E-state index in [1.165, 1.54) is 6.07 Å². The highest BCUT2D eigenvalue weighted by molar-refractivity contribution is 6.42. The molecule has 0 spiro atoms. The van der Waals surface area contributed by atoms with Gasteiger partial charge in [0, 0.05) is 12.5 Å². The van der Waals surface area contributed by atoms with Crippen LogP contribution >= 0.6 is 23.2 Å². The monoisotopic (exact) mass is 334 g/mol.